The van der Waals surface area contributed by atoms with Crippen molar-refractivity contribution in [3.8, 4) is 0 Å². The van der Waals surface area contributed by atoms with Crippen molar-refractivity contribution in [2.45, 2.75) is 6.92 Å². The number of nitro groups is 1. The molecule has 1 aromatic carbocycles. The molecule has 98 valence electrons. The van der Waals surface area contributed by atoms with E-state index in [1.807, 2.05) is 0 Å². The van der Waals surface area contributed by atoms with Gasteiger partial charge in [0.25, 0.3) is 5.69 Å². The molecule has 0 atom stereocenters. The quantitative estimate of drug-likeness (QED) is 0.512. The highest BCUT2D eigenvalue weighted by molar-refractivity contribution is 9.10. The van der Waals surface area contributed by atoms with E-state index in [4.69, 9.17) is 0 Å². The second kappa shape index (κ2) is 6.29. The van der Waals surface area contributed by atoms with Gasteiger partial charge in [-0.05, 0) is 28.9 Å². The van der Waals surface area contributed by atoms with Gasteiger partial charge >= 0.3 is 5.97 Å². The van der Waals surface area contributed by atoms with E-state index < -0.39 is 22.4 Å². The summed E-state index contributed by atoms with van der Waals surface area (Å²) in [6, 6.07) is 1.98. The van der Waals surface area contributed by atoms with Crippen LogP contribution in [0.25, 0.3) is 0 Å². The van der Waals surface area contributed by atoms with E-state index in [2.05, 4.69) is 26.0 Å². The molecule has 6 nitrogen and oxygen atoms in total. The second-order valence-electron chi connectivity index (χ2n) is 3.20. The Morgan fingerprint density at radius 2 is 2.28 bits per heavy atom. The molecular formula is C10H10BrFN2O4. The molecule has 0 amide bonds. The highest BCUT2D eigenvalue weighted by atomic mass is 79.9. The number of anilines is 1. The molecule has 18 heavy (non-hydrogen) atoms. The molecule has 0 aromatic heterocycles. The Hall–Kier alpha value is -1.70. The Morgan fingerprint density at radius 1 is 1.61 bits per heavy atom. The fraction of sp³-hybridized carbons (Fsp3) is 0.300. The number of hydrogen-bond donors (Lipinski definition) is 1. The number of carbonyl (C=O) groups is 1. The summed E-state index contributed by atoms with van der Waals surface area (Å²) in [5.41, 5.74) is -0.402. The van der Waals surface area contributed by atoms with Gasteiger partial charge in [-0.25, -0.2) is 4.39 Å². The Balaban J connectivity index is 2.90. The number of nitrogens with one attached hydrogen (secondary N) is 1. The van der Waals surface area contributed by atoms with Crippen LogP contribution >= 0.6 is 15.9 Å². The van der Waals surface area contributed by atoms with Crippen molar-refractivity contribution in [1.82, 2.24) is 0 Å². The van der Waals surface area contributed by atoms with E-state index in [0.29, 0.717) is 0 Å². The summed E-state index contributed by atoms with van der Waals surface area (Å²) in [7, 11) is 0. The Kier molecular flexibility index (Phi) is 5.02. The minimum Gasteiger partial charge on any atom is -0.465 e. The van der Waals surface area contributed by atoms with Crippen LogP contribution in [-0.2, 0) is 9.53 Å². The fourth-order valence-corrected chi connectivity index (χ4v) is 1.55. The van der Waals surface area contributed by atoms with Gasteiger partial charge in [0.05, 0.1) is 22.1 Å². The van der Waals surface area contributed by atoms with E-state index in [-0.39, 0.29) is 23.3 Å². The van der Waals surface area contributed by atoms with Gasteiger partial charge in [0.1, 0.15) is 18.0 Å². The molecule has 0 radical (unpaired) electrons. The summed E-state index contributed by atoms with van der Waals surface area (Å²) in [6.07, 6.45) is 0. The van der Waals surface area contributed by atoms with Crippen LogP contribution in [0.3, 0.4) is 0 Å². The summed E-state index contributed by atoms with van der Waals surface area (Å²) in [6.45, 7) is 1.64. The first kappa shape index (κ1) is 14.4. The first-order valence-corrected chi connectivity index (χ1v) is 5.78. The molecule has 1 aromatic rings. The average molecular weight is 321 g/mol. The largest absolute Gasteiger partial charge is 0.465 e. The molecule has 0 bridgehead atoms. The first-order chi connectivity index (χ1) is 8.45. The summed E-state index contributed by atoms with van der Waals surface area (Å²) < 4.78 is 17.9. The standard InChI is InChI=1S/C10H10BrFN2O4/c1-2-18-10(15)5-13-8-3-6(11)7(12)4-9(8)14(16)17/h3-4,13H,2,5H2,1H3. The van der Waals surface area contributed by atoms with Gasteiger partial charge in [-0.15, -0.1) is 0 Å². The van der Waals surface area contributed by atoms with Gasteiger partial charge in [0.15, 0.2) is 0 Å². The highest BCUT2D eigenvalue weighted by Gasteiger charge is 2.18. The van der Waals surface area contributed by atoms with Crippen molar-refractivity contribution in [3.63, 3.8) is 0 Å². The Labute approximate surface area is 110 Å². The van der Waals surface area contributed by atoms with Crippen molar-refractivity contribution < 1.29 is 18.8 Å². The molecule has 0 saturated heterocycles. The number of benzene rings is 1. The van der Waals surface area contributed by atoms with Crippen molar-refractivity contribution in [1.29, 1.82) is 0 Å². The van der Waals surface area contributed by atoms with Crippen molar-refractivity contribution >= 4 is 33.3 Å². The van der Waals surface area contributed by atoms with Gasteiger partial charge in [-0.3, -0.25) is 14.9 Å². The number of nitrogens with zero attached hydrogens (tertiary/aromatic N) is 1. The number of esters is 1. The third-order valence-corrected chi connectivity index (χ3v) is 2.57. The van der Waals surface area contributed by atoms with Crippen LogP contribution in [0.5, 0.6) is 0 Å². The van der Waals surface area contributed by atoms with Gasteiger partial charge in [-0.2, -0.15) is 0 Å². The molecule has 1 N–H and O–H groups in total. The summed E-state index contributed by atoms with van der Waals surface area (Å²) in [5.74, 6) is -1.30. The molecule has 0 spiro atoms. The van der Waals surface area contributed by atoms with E-state index in [1.165, 1.54) is 6.07 Å². The lowest BCUT2D eigenvalue weighted by atomic mass is 10.2. The van der Waals surface area contributed by atoms with E-state index in [0.717, 1.165) is 6.07 Å². The van der Waals surface area contributed by atoms with Crippen LogP contribution in [0.15, 0.2) is 16.6 Å². The molecule has 1 rings (SSSR count). The number of carbonyl (C=O) groups excluding carboxylic acids is 1. The monoisotopic (exact) mass is 320 g/mol. The normalized spacial score (nSPS) is 9.94. The third-order valence-electron chi connectivity index (χ3n) is 1.96. The molecule has 0 fully saturated rings. The smallest absolute Gasteiger partial charge is 0.325 e. The second-order valence-corrected chi connectivity index (χ2v) is 4.05. The summed E-state index contributed by atoms with van der Waals surface area (Å²) in [4.78, 5) is 21.1. The molecule has 0 aliphatic rings. The lowest BCUT2D eigenvalue weighted by molar-refractivity contribution is -0.384. The van der Waals surface area contributed by atoms with Gasteiger partial charge in [0.2, 0.25) is 0 Å². The molecule has 0 aliphatic heterocycles. The van der Waals surface area contributed by atoms with Crippen molar-refractivity contribution in [3.05, 3.63) is 32.5 Å². The lowest BCUT2D eigenvalue weighted by Gasteiger charge is -2.07. The zero-order chi connectivity index (χ0) is 13.7. The minimum absolute atomic E-state index is 0.0429. The Morgan fingerprint density at radius 3 is 2.83 bits per heavy atom. The average Bonchev–Trinajstić information content (AvgIpc) is 2.30. The van der Waals surface area contributed by atoms with Gasteiger partial charge in [-0.1, -0.05) is 0 Å². The Bertz CT molecular complexity index is 481. The first-order valence-electron chi connectivity index (χ1n) is 4.98. The van der Waals surface area contributed by atoms with E-state index >= 15 is 0 Å². The number of hydrogen-bond acceptors (Lipinski definition) is 5. The zero-order valence-corrected chi connectivity index (χ0v) is 11.0. The van der Waals surface area contributed by atoms with Crippen LogP contribution in [0, 0.1) is 15.9 Å². The van der Waals surface area contributed by atoms with Crippen LogP contribution in [0.4, 0.5) is 15.8 Å². The predicted octanol–water partition coefficient (Wildman–Crippen LogP) is 2.47. The molecule has 8 heteroatoms. The molecule has 0 saturated carbocycles. The minimum atomic E-state index is -0.747. The molecule has 0 unspecified atom stereocenters. The van der Waals surface area contributed by atoms with Crippen molar-refractivity contribution in [2.75, 3.05) is 18.5 Å². The van der Waals surface area contributed by atoms with E-state index in [1.54, 1.807) is 6.92 Å². The van der Waals surface area contributed by atoms with Crippen LogP contribution in [0.2, 0.25) is 0 Å². The highest BCUT2D eigenvalue weighted by Crippen LogP contribution is 2.30. The topological polar surface area (TPSA) is 81.5 Å². The number of halogens is 2. The van der Waals surface area contributed by atoms with E-state index in [9.17, 15) is 19.3 Å². The molecule has 0 aliphatic carbocycles. The maximum Gasteiger partial charge on any atom is 0.325 e. The summed E-state index contributed by atoms with van der Waals surface area (Å²) >= 11 is 2.91. The third kappa shape index (κ3) is 3.66. The van der Waals surface area contributed by atoms with Crippen LogP contribution < -0.4 is 5.32 Å². The molecular weight excluding hydrogens is 311 g/mol. The predicted molar refractivity (Wildman–Crippen MR) is 65.9 cm³/mol. The number of nitro benzene ring substituents is 1. The maximum atomic E-state index is 13.2. The SMILES string of the molecule is CCOC(=O)CNc1cc(Br)c(F)cc1[N+](=O)[O-]. The van der Waals surface area contributed by atoms with Gasteiger partial charge in [0, 0.05) is 0 Å². The lowest BCUT2D eigenvalue weighted by Crippen LogP contribution is -2.17. The number of ether oxygens (including phenoxy) is 1. The van der Waals surface area contributed by atoms with Gasteiger partial charge < -0.3 is 10.1 Å². The van der Waals surface area contributed by atoms with Crippen LogP contribution in [-0.4, -0.2) is 24.0 Å². The van der Waals surface area contributed by atoms with Crippen molar-refractivity contribution in [2.24, 2.45) is 0 Å². The fourth-order valence-electron chi connectivity index (χ4n) is 1.21. The summed E-state index contributed by atoms with van der Waals surface area (Å²) in [5, 5.41) is 13.3. The number of rotatable bonds is 5. The molecule has 0 heterocycles. The maximum absolute atomic E-state index is 13.2. The van der Waals surface area contributed by atoms with Crippen LogP contribution in [0.1, 0.15) is 6.92 Å². The zero-order valence-electron chi connectivity index (χ0n) is 9.41.